The van der Waals surface area contributed by atoms with Crippen molar-refractivity contribution >= 4 is 73.1 Å². The van der Waals surface area contributed by atoms with E-state index in [1.165, 1.54) is 24.8 Å². The van der Waals surface area contributed by atoms with E-state index in [-0.39, 0.29) is 5.01 Å². The zero-order valence-corrected chi connectivity index (χ0v) is 15.6. The van der Waals surface area contributed by atoms with Crippen LogP contribution in [-0.2, 0) is 4.74 Å². The Kier molecular flexibility index (Phi) is 4.36. The minimum absolute atomic E-state index is 0.273. The van der Waals surface area contributed by atoms with Gasteiger partial charge in [-0.25, -0.2) is 19.7 Å². The van der Waals surface area contributed by atoms with Crippen LogP contribution in [-0.4, -0.2) is 28.0 Å². The molecule has 0 aliphatic rings. The molecule has 26 heavy (non-hydrogen) atoms. The molecule has 2 aromatic heterocycles. The Labute approximate surface area is 161 Å². The van der Waals surface area contributed by atoms with Gasteiger partial charge in [0, 0.05) is 5.02 Å². The standard InChI is InChI=1S/C17H10Cl2N4O2S/c1-25-17(24)16-23-12-5-4-11-13(14(12)26-16)15(21-7-20-11)22-10-3-2-8(18)6-9(10)19/h2-7H,1H3,(H,20,21,22). The summed E-state index contributed by atoms with van der Waals surface area (Å²) in [6.45, 7) is 0. The lowest BCUT2D eigenvalue weighted by molar-refractivity contribution is 0.0600. The minimum Gasteiger partial charge on any atom is -0.464 e. The maximum atomic E-state index is 11.8. The maximum absolute atomic E-state index is 11.8. The third-order valence-electron chi connectivity index (χ3n) is 3.70. The highest BCUT2D eigenvalue weighted by Gasteiger charge is 2.17. The Morgan fingerprint density at radius 1 is 1.15 bits per heavy atom. The summed E-state index contributed by atoms with van der Waals surface area (Å²) in [4.78, 5) is 24.8. The molecule has 6 nitrogen and oxygen atoms in total. The van der Waals surface area contributed by atoms with E-state index in [0.29, 0.717) is 27.1 Å². The van der Waals surface area contributed by atoms with Crippen LogP contribution in [0.25, 0.3) is 21.1 Å². The Balaban J connectivity index is 1.91. The summed E-state index contributed by atoms with van der Waals surface area (Å²) in [6, 6.07) is 8.79. The van der Waals surface area contributed by atoms with Crippen LogP contribution in [0.3, 0.4) is 0 Å². The van der Waals surface area contributed by atoms with Gasteiger partial charge in [-0.05, 0) is 30.3 Å². The predicted molar refractivity (Wildman–Crippen MR) is 104 cm³/mol. The smallest absolute Gasteiger partial charge is 0.367 e. The first kappa shape index (κ1) is 17.0. The van der Waals surface area contributed by atoms with E-state index in [4.69, 9.17) is 27.9 Å². The van der Waals surface area contributed by atoms with Crippen LogP contribution in [0.5, 0.6) is 0 Å². The number of fused-ring (bicyclic) bond motifs is 3. The summed E-state index contributed by atoms with van der Waals surface area (Å²) < 4.78 is 5.55. The van der Waals surface area contributed by atoms with Crippen molar-refractivity contribution in [3.05, 3.63) is 51.7 Å². The molecular formula is C17H10Cl2N4O2S. The molecule has 0 aliphatic carbocycles. The summed E-state index contributed by atoms with van der Waals surface area (Å²) >= 11 is 13.4. The van der Waals surface area contributed by atoms with Crippen LogP contribution in [0.15, 0.2) is 36.7 Å². The third kappa shape index (κ3) is 2.94. The lowest BCUT2D eigenvalue weighted by Crippen LogP contribution is -1.99. The normalized spacial score (nSPS) is 11.0. The number of methoxy groups -OCH3 is 1. The van der Waals surface area contributed by atoms with Gasteiger partial charge in [0.2, 0.25) is 5.01 Å². The van der Waals surface area contributed by atoms with Crippen molar-refractivity contribution in [2.75, 3.05) is 12.4 Å². The molecule has 4 aromatic rings. The molecule has 0 saturated carbocycles. The highest BCUT2D eigenvalue weighted by atomic mass is 35.5. The van der Waals surface area contributed by atoms with Crippen LogP contribution in [0.1, 0.15) is 9.80 Å². The SMILES string of the molecule is COC(=O)c1nc2ccc3ncnc(Nc4ccc(Cl)cc4Cl)c3c2s1. The van der Waals surface area contributed by atoms with Crippen LogP contribution < -0.4 is 5.32 Å². The molecule has 0 aliphatic heterocycles. The van der Waals surface area contributed by atoms with Gasteiger partial charge in [0.05, 0.1) is 38.9 Å². The Hall–Kier alpha value is -2.48. The minimum atomic E-state index is -0.480. The number of hydrogen-bond acceptors (Lipinski definition) is 7. The van der Waals surface area contributed by atoms with E-state index in [1.807, 2.05) is 12.1 Å². The molecule has 130 valence electrons. The lowest BCUT2D eigenvalue weighted by Gasteiger charge is -2.10. The molecule has 2 heterocycles. The molecule has 0 spiro atoms. The molecule has 0 unspecified atom stereocenters. The van der Waals surface area contributed by atoms with Crippen LogP contribution in [0.4, 0.5) is 11.5 Å². The Morgan fingerprint density at radius 3 is 2.73 bits per heavy atom. The number of nitrogens with one attached hydrogen (secondary N) is 1. The fourth-order valence-corrected chi connectivity index (χ4v) is 4.00. The first-order valence-electron chi connectivity index (χ1n) is 7.41. The number of aromatic nitrogens is 3. The molecule has 0 fully saturated rings. The molecule has 0 atom stereocenters. The van der Waals surface area contributed by atoms with Gasteiger partial charge in [-0.2, -0.15) is 0 Å². The number of nitrogens with zero attached hydrogens (tertiary/aromatic N) is 3. The third-order valence-corrected chi connectivity index (χ3v) is 5.32. The van der Waals surface area contributed by atoms with Gasteiger partial charge < -0.3 is 10.1 Å². The predicted octanol–water partition coefficient (Wildman–Crippen LogP) is 5.08. The van der Waals surface area contributed by atoms with Crippen LogP contribution >= 0.6 is 34.5 Å². The number of thiazole rings is 1. The molecule has 9 heteroatoms. The number of hydrogen-bond donors (Lipinski definition) is 1. The second-order valence-corrected chi connectivity index (χ2v) is 7.13. The molecule has 4 rings (SSSR count). The molecule has 0 bridgehead atoms. The molecule has 0 saturated heterocycles. The quantitative estimate of drug-likeness (QED) is 0.479. The summed E-state index contributed by atoms with van der Waals surface area (Å²) in [5.74, 6) is 0.0799. The van der Waals surface area contributed by atoms with E-state index in [0.717, 1.165) is 15.6 Å². The van der Waals surface area contributed by atoms with Crippen LogP contribution in [0.2, 0.25) is 10.0 Å². The molecule has 2 aromatic carbocycles. The van der Waals surface area contributed by atoms with Crippen molar-refractivity contribution in [1.29, 1.82) is 0 Å². The van der Waals surface area contributed by atoms with Gasteiger partial charge in [0.15, 0.2) is 0 Å². The lowest BCUT2D eigenvalue weighted by atomic mass is 10.2. The number of carbonyl (C=O) groups is 1. The number of carbonyl (C=O) groups excluding carboxylic acids is 1. The van der Waals surface area contributed by atoms with Gasteiger partial charge in [0.1, 0.15) is 12.1 Å². The Morgan fingerprint density at radius 2 is 1.96 bits per heavy atom. The summed E-state index contributed by atoms with van der Waals surface area (Å²) in [7, 11) is 1.32. The van der Waals surface area contributed by atoms with Crippen molar-refractivity contribution in [2.45, 2.75) is 0 Å². The van der Waals surface area contributed by atoms with Crippen molar-refractivity contribution < 1.29 is 9.53 Å². The summed E-state index contributed by atoms with van der Waals surface area (Å²) in [5.41, 5.74) is 2.05. The zero-order chi connectivity index (χ0) is 18.3. The number of ether oxygens (including phenoxy) is 1. The maximum Gasteiger partial charge on any atom is 0.367 e. The second-order valence-electron chi connectivity index (χ2n) is 5.29. The summed E-state index contributed by atoms with van der Waals surface area (Å²) in [6.07, 6.45) is 1.46. The fraction of sp³-hybridized carbons (Fsp3) is 0.0588. The number of benzene rings is 2. The second kappa shape index (κ2) is 6.68. The largest absolute Gasteiger partial charge is 0.464 e. The van der Waals surface area contributed by atoms with Crippen molar-refractivity contribution in [1.82, 2.24) is 15.0 Å². The zero-order valence-electron chi connectivity index (χ0n) is 13.3. The first-order chi connectivity index (χ1) is 12.6. The van der Waals surface area contributed by atoms with E-state index >= 15 is 0 Å². The van der Waals surface area contributed by atoms with Crippen molar-refractivity contribution in [3.63, 3.8) is 0 Å². The van der Waals surface area contributed by atoms with E-state index in [2.05, 4.69) is 20.3 Å². The van der Waals surface area contributed by atoms with Crippen molar-refractivity contribution in [3.8, 4) is 0 Å². The molecular weight excluding hydrogens is 395 g/mol. The monoisotopic (exact) mass is 404 g/mol. The van der Waals surface area contributed by atoms with Crippen molar-refractivity contribution in [2.24, 2.45) is 0 Å². The van der Waals surface area contributed by atoms with Gasteiger partial charge in [-0.15, -0.1) is 11.3 Å². The average Bonchev–Trinajstić information content (AvgIpc) is 3.08. The van der Waals surface area contributed by atoms with Gasteiger partial charge in [-0.3, -0.25) is 0 Å². The molecule has 1 N–H and O–H groups in total. The topological polar surface area (TPSA) is 77.0 Å². The van der Waals surface area contributed by atoms with Gasteiger partial charge in [-0.1, -0.05) is 23.2 Å². The number of anilines is 2. The fourth-order valence-electron chi connectivity index (χ4n) is 2.52. The average molecular weight is 405 g/mol. The Bertz CT molecular complexity index is 1160. The van der Waals surface area contributed by atoms with E-state index in [9.17, 15) is 4.79 Å². The molecule has 0 amide bonds. The number of rotatable bonds is 3. The number of halogens is 2. The summed E-state index contributed by atoms with van der Waals surface area (Å²) in [5, 5.41) is 5.24. The van der Waals surface area contributed by atoms with E-state index in [1.54, 1.807) is 18.2 Å². The van der Waals surface area contributed by atoms with Gasteiger partial charge >= 0.3 is 5.97 Å². The first-order valence-corrected chi connectivity index (χ1v) is 8.98. The highest BCUT2D eigenvalue weighted by Crippen LogP contribution is 2.36. The van der Waals surface area contributed by atoms with E-state index < -0.39 is 5.97 Å². The van der Waals surface area contributed by atoms with Gasteiger partial charge in [0.25, 0.3) is 0 Å². The highest BCUT2D eigenvalue weighted by molar-refractivity contribution is 7.21. The van der Waals surface area contributed by atoms with Crippen LogP contribution in [0, 0.1) is 0 Å². The number of esters is 1. The molecule has 0 radical (unpaired) electrons.